The Labute approximate surface area is 161 Å². The van der Waals surface area contributed by atoms with E-state index in [1.807, 2.05) is 12.1 Å². The fourth-order valence-corrected chi connectivity index (χ4v) is 4.58. The zero-order valence-corrected chi connectivity index (χ0v) is 16.2. The van der Waals surface area contributed by atoms with Gasteiger partial charge in [-0.1, -0.05) is 0 Å². The molecule has 0 N–H and O–H groups in total. The van der Waals surface area contributed by atoms with Crippen LogP contribution in [0.5, 0.6) is 5.75 Å². The predicted octanol–water partition coefficient (Wildman–Crippen LogP) is 3.20. The summed E-state index contributed by atoms with van der Waals surface area (Å²) in [5.74, 6) is 1.88. The maximum atomic E-state index is 12.8. The third kappa shape index (κ3) is 3.82. The summed E-state index contributed by atoms with van der Waals surface area (Å²) in [5.41, 5.74) is 2.08. The number of ether oxygens (including phenoxy) is 1. The quantitative estimate of drug-likeness (QED) is 0.802. The zero-order chi connectivity index (χ0) is 18.9. The Hall–Kier alpha value is -2.06. The molecule has 5 heteroatoms. The highest BCUT2D eigenvalue weighted by Crippen LogP contribution is 2.46. The highest BCUT2D eigenvalue weighted by Gasteiger charge is 2.41. The van der Waals surface area contributed by atoms with Crippen LogP contribution in [-0.2, 0) is 5.41 Å². The molecule has 1 saturated carbocycles. The van der Waals surface area contributed by atoms with Gasteiger partial charge in [0.15, 0.2) is 0 Å². The lowest BCUT2D eigenvalue weighted by molar-refractivity contribution is 0.0796. The minimum absolute atomic E-state index is 0.0139. The molecule has 3 aliphatic rings. The molecule has 0 aromatic heterocycles. The number of nitrogens with zero attached hydrogens (tertiary/aromatic N) is 3. The fraction of sp³-hybridized carbons (Fsp3) is 0.636. The lowest BCUT2D eigenvalue weighted by atomic mass is 9.69. The van der Waals surface area contributed by atoms with Crippen LogP contribution in [0.15, 0.2) is 18.2 Å². The molecule has 5 nitrogen and oxygen atoms in total. The number of fused-ring (bicyclic) bond motifs is 2. The predicted molar refractivity (Wildman–Crippen MR) is 104 cm³/mol. The van der Waals surface area contributed by atoms with Crippen LogP contribution in [0, 0.1) is 17.2 Å². The topological polar surface area (TPSA) is 56.6 Å². The van der Waals surface area contributed by atoms with Gasteiger partial charge in [-0.05, 0) is 69.3 Å². The Kier molecular flexibility index (Phi) is 5.10. The van der Waals surface area contributed by atoms with Gasteiger partial charge in [0.05, 0.1) is 19.1 Å². The molecule has 2 aliphatic heterocycles. The molecule has 0 atom stereocenters. The molecule has 1 aromatic rings. The van der Waals surface area contributed by atoms with Crippen molar-refractivity contribution in [3.63, 3.8) is 0 Å². The second-order valence-corrected chi connectivity index (χ2v) is 8.47. The minimum Gasteiger partial charge on any atom is -0.493 e. The summed E-state index contributed by atoms with van der Waals surface area (Å²) in [5, 5.41) is 8.76. The molecule has 144 valence electrons. The average Bonchev–Trinajstić information content (AvgIpc) is 3.51. The van der Waals surface area contributed by atoms with Crippen LogP contribution in [0.3, 0.4) is 0 Å². The maximum Gasteiger partial charge on any atom is 0.253 e. The average molecular weight is 367 g/mol. The van der Waals surface area contributed by atoms with Crippen LogP contribution < -0.4 is 4.74 Å². The van der Waals surface area contributed by atoms with E-state index in [1.54, 1.807) is 11.9 Å². The third-order valence-corrected chi connectivity index (χ3v) is 6.57. The normalized spacial score (nSPS) is 21.2. The second kappa shape index (κ2) is 7.52. The smallest absolute Gasteiger partial charge is 0.253 e. The first-order chi connectivity index (χ1) is 13.1. The standard InChI is InChI=1S/C22H29N3O2/c1-24(11-2-10-23)21(26)18-5-6-20-19(15-18)22(9-14-27-20)7-12-25(13-8-22)16-17-3-4-17/h5-6,15,17H,2-4,7-9,11-14,16H2,1H3. The van der Waals surface area contributed by atoms with E-state index in [4.69, 9.17) is 10.00 Å². The molecule has 0 unspecified atom stereocenters. The van der Waals surface area contributed by atoms with Crippen LogP contribution >= 0.6 is 0 Å². The summed E-state index contributed by atoms with van der Waals surface area (Å²) in [6.07, 6.45) is 6.51. The molecule has 2 fully saturated rings. The first-order valence-electron chi connectivity index (χ1n) is 10.2. The molecule has 1 saturated heterocycles. The van der Waals surface area contributed by atoms with Crippen molar-refractivity contribution in [2.45, 2.75) is 43.9 Å². The summed E-state index contributed by atoms with van der Waals surface area (Å²) in [6, 6.07) is 8.01. The van der Waals surface area contributed by atoms with Crippen molar-refractivity contribution in [2.24, 2.45) is 5.92 Å². The van der Waals surface area contributed by atoms with Gasteiger partial charge in [-0.15, -0.1) is 0 Å². The van der Waals surface area contributed by atoms with Crippen LogP contribution in [0.1, 0.15) is 54.4 Å². The summed E-state index contributed by atoms with van der Waals surface area (Å²) in [7, 11) is 1.77. The number of piperidine rings is 1. The van der Waals surface area contributed by atoms with Gasteiger partial charge in [0.1, 0.15) is 5.75 Å². The van der Waals surface area contributed by atoms with E-state index in [1.165, 1.54) is 24.9 Å². The summed E-state index contributed by atoms with van der Waals surface area (Å²) < 4.78 is 5.93. The van der Waals surface area contributed by atoms with Crippen molar-refractivity contribution in [1.29, 1.82) is 5.26 Å². The highest BCUT2D eigenvalue weighted by atomic mass is 16.5. The molecule has 4 rings (SSSR count). The number of rotatable bonds is 5. The highest BCUT2D eigenvalue weighted by molar-refractivity contribution is 5.94. The number of nitriles is 1. The van der Waals surface area contributed by atoms with E-state index >= 15 is 0 Å². The Morgan fingerprint density at radius 2 is 2.11 bits per heavy atom. The second-order valence-electron chi connectivity index (χ2n) is 8.47. The minimum atomic E-state index is -0.0139. The van der Waals surface area contributed by atoms with E-state index in [-0.39, 0.29) is 11.3 Å². The molecule has 27 heavy (non-hydrogen) atoms. The molecule has 0 radical (unpaired) electrons. The lowest BCUT2D eigenvalue weighted by Crippen LogP contribution is -2.45. The van der Waals surface area contributed by atoms with Gasteiger partial charge in [-0.3, -0.25) is 4.79 Å². The molecule has 1 aliphatic carbocycles. The Morgan fingerprint density at radius 1 is 1.33 bits per heavy atom. The van der Waals surface area contributed by atoms with Gasteiger partial charge in [-0.2, -0.15) is 5.26 Å². The first kappa shape index (κ1) is 18.3. The van der Waals surface area contributed by atoms with Crippen LogP contribution in [-0.4, -0.2) is 55.5 Å². The number of hydrogen-bond donors (Lipinski definition) is 0. The fourth-order valence-electron chi connectivity index (χ4n) is 4.58. The van der Waals surface area contributed by atoms with Crippen molar-refractivity contribution in [3.8, 4) is 11.8 Å². The number of hydrogen-bond acceptors (Lipinski definition) is 4. The number of likely N-dealkylation sites (tertiary alicyclic amines) is 1. The van der Waals surface area contributed by atoms with E-state index in [0.717, 1.165) is 50.6 Å². The van der Waals surface area contributed by atoms with Gasteiger partial charge >= 0.3 is 0 Å². The van der Waals surface area contributed by atoms with Crippen molar-refractivity contribution in [3.05, 3.63) is 29.3 Å². The molecular weight excluding hydrogens is 338 g/mol. The van der Waals surface area contributed by atoms with E-state index in [9.17, 15) is 4.79 Å². The molecule has 0 bridgehead atoms. The molecule has 1 aromatic carbocycles. The van der Waals surface area contributed by atoms with Crippen molar-refractivity contribution in [2.75, 3.05) is 39.8 Å². The Morgan fingerprint density at radius 3 is 2.81 bits per heavy atom. The third-order valence-electron chi connectivity index (χ3n) is 6.57. The largest absolute Gasteiger partial charge is 0.493 e. The SMILES string of the molecule is CN(CCC#N)C(=O)c1ccc2c(c1)C1(CCO2)CCN(CC2CC2)CC1. The van der Waals surface area contributed by atoms with Crippen molar-refractivity contribution >= 4 is 5.91 Å². The van der Waals surface area contributed by atoms with E-state index in [2.05, 4.69) is 17.0 Å². The van der Waals surface area contributed by atoms with Crippen LogP contribution in [0.2, 0.25) is 0 Å². The summed E-state index contributed by atoms with van der Waals surface area (Å²) in [4.78, 5) is 17.0. The molecule has 1 spiro atoms. The van der Waals surface area contributed by atoms with Crippen LogP contribution in [0.4, 0.5) is 0 Å². The van der Waals surface area contributed by atoms with E-state index < -0.39 is 0 Å². The van der Waals surface area contributed by atoms with Gasteiger partial charge in [0, 0.05) is 36.7 Å². The summed E-state index contributed by atoms with van der Waals surface area (Å²) in [6.45, 7) is 4.79. The lowest BCUT2D eigenvalue weighted by Gasteiger charge is -2.45. The first-order valence-corrected chi connectivity index (χ1v) is 10.2. The van der Waals surface area contributed by atoms with E-state index in [0.29, 0.717) is 18.5 Å². The van der Waals surface area contributed by atoms with Gasteiger partial charge in [0.2, 0.25) is 0 Å². The molecule has 1 amide bonds. The van der Waals surface area contributed by atoms with Gasteiger partial charge in [0.25, 0.3) is 5.91 Å². The van der Waals surface area contributed by atoms with Crippen LogP contribution in [0.25, 0.3) is 0 Å². The Bertz CT molecular complexity index is 742. The van der Waals surface area contributed by atoms with Crippen molar-refractivity contribution in [1.82, 2.24) is 9.80 Å². The number of carbonyl (C=O) groups is 1. The van der Waals surface area contributed by atoms with Gasteiger partial charge in [-0.25, -0.2) is 0 Å². The Balaban J connectivity index is 1.53. The maximum absolute atomic E-state index is 12.8. The number of amides is 1. The number of carbonyl (C=O) groups excluding carboxylic acids is 1. The summed E-state index contributed by atoms with van der Waals surface area (Å²) >= 11 is 0. The van der Waals surface area contributed by atoms with Crippen molar-refractivity contribution < 1.29 is 9.53 Å². The molecule has 2 heterocycles. The molecular formula is C22H29N3O2. The number of benzene rings is 1. The monoisotopic (exact) mass is 367 g/mol. The zero-order valence-electron chi connectivity index (χ0n) is 16.2. The van der Waals surface area contributed by atoms with Gasteiger partial charge < -0.3 is 14.5 Å².